The average Bonchev–Trinajstić information content (AvgIpc) is 2.44. The van der Waals surface area contributed by atoms with Crippen LogP contribution in [0.2, 0.25) is 0 Å². The molecule has 106 valence electrons. The largest absolute Gasteiger partial charge is 0.316 e. The number of halogens is 2. The van der Waals surface area contributed by atoms with Crippen LogP contribution in [-0.2, 0) is 6.54 Å². The third-order valence-corrected chi connectivity index (χ3v) is 4.68. The normalized spacial score (nSPS) is 19.9. The van der Waals surface area contributed by atoms with Gasteiger partial charge in [-0.1, -0.05) is 19.1 Å². The zero-order valence-electron chi connectivity index (χ0n) is 11.5. The molecule has 0 amide bonds. The van der Waals surface area contributed by atoms with E-state index < -0.39 is 0 Å². The van der Waals surface area contributed by atoms with Gasteiger partial charge in [-0.25, -0.2) is 4.39 Å². The van der Waals surface area contributed by atoms with Gasteiger partial charge in [-0.2, -0.15) is 0 Å². The molecule has 1 aromatic carbocycles. The van der Waals surface area contributed by atoms with Gasteiger partial charge in [0.05, 0.1) is 4.47 Å². The summed E-state index contributed by atoms with van der Waals surface area (Å²) in [6, 6.07) is 5.27. The lowest BCUT2D eigenvalue weighted by atomic mass is 9.99. The Labute approximate surface area is 123 Å². The highest BCUT2D eigenvalue weighted by molar-refractivity contribution is 9.10. The first-order valence-electron chi connectivity index (χ1n) is 7.06. The molecule has 2 rings (SSSR count). The molecule has 0 spiro atoms. The van der Waals surface area contributed by atoms with Crippen molar-refractivity contribution in [3.8, 4) is 0 Å². The molecular formula is C15H22BrFN2. The number of nitrogens with one attached hydrogen (secondary N) is 1. The van der Waals surface area contributed by atoms with E-state index in [1.165, 1.54) is 18.9 Å². The topological polar surface area (TPSA) is 15.3 Å². The molecule has 1 heterocycles. The summed E-state index contributed by atoms with van der Waals surface area (Å²) < 4.78 is 14.1. The second kappa shape index (κ2) is 7.36. The second-order valence-corrected chi connectivity index (χ2v) is 6.05. The first-order valence-corrected chi connectivity index (χ1v) is 7.86. The molecule has 2 nitrogen and oxygen atoms in total. The summed E-state index contributed by atoms with van der Waals surface area (Å²) in [5.41, 5.74) is 1.03. The molecule has 1 aliphatic heterocycles. The Bertz CT molecular complexity index is 405. The quantitative estimate of drug-likeness (QED) is 0.891. The minimum Gasteiger partial charge on any atom is -0.316 e. The van der Waals surface area contributed by atoms with E-state index in [-0.39, 0.29) is 5.82 Å². The zero-order chi connectivity index (χ0) is 13.7. The smallest absolute Gasteiger partial charge is 0.137 e. The van der Waals surface area contributed by atoms with Crippen molar-refractivity contribution in [3.05, 3.63) is 34.1 Å². The molecule has 1 aromatic rings. The third kappa shape index (κ3) is 4.26. The number of hydrogen-bond donors (Lipinski definition) is 1. The van der Waals surface area contributed by atoms with Crippen LogP contribution in [-0.4, -0.2) is 31.1 Å². The number of nitrogens with zero attached hydrogens (tertiary/aromatic N) is 1. The minimum atomic E-state index is -0.173. The lowest BCUT2D eigenvalue weighted by Crippen LogP contribution is -2.38. The van der Waals surface area contributed by atoms with Crippen LogP contribution in [0.1, 0.15) is 25.3 Å². The predicted octanol–water partition coefficient (Wildman–Crippen LogP) is 3.41. The van der Waals surface area contributed by atoms with E-state index in [1.807, 2.05) is 6.07 Å². The predicted molar refractivity (Wildman–Crippen MR) is 80.6 cm³/mol. The van der Waals surface area contributed by atoms with E-state index in [1.54, 1.807) is 6.07 Å². The highest BCUT2D eigenvalue weighted by Gasteiger charge is 2.17. The van der Waals surface area contributed by atoms with Gasteiger partial charge in [0, 0.05) is 13.1 Å². The van der Waals surface area contributed by atoms with Crippen LogP contribution in [0, 0.1) is 11.7 Å². The van der Waals surface area contributed by atoms with Gasteiger partial charge >= 0.3 is 0 Å². The highest BCUT2D eigenvalue weighted by Crippen LogP contribution is 2.22. The Morgan fingerprint density at radius 2 is 2.32 bits per heavy atom. The van der Waals surface area contributed by atoms with E-state index in [2.05, 4.69) is 33.1 Å². The first kappa shape index (κ1) is 14.9. The fourth-order valence-corrected chi connectivity index (χ4v) is 3.05. The van der Waals surface area contributed by atoms with Crippen LogP contribution in [0.4, 0.5) is 4.39 Å². The summed E-state index contributed by atoms with van der Waals surface area (Å²) in [5.74, 6) is 0.550. The SMILES string of the molecule is CCN(Cc1cccc(F)c1Br)CC1CCCNC1. The van der Waals surface area contributed by atoms with E-state index >= 15 is 0 Å². The summed E-state index contributed by atoms with van der Waals surface area (Å²) in [6.07, 6.45) is 2.57. The first-order chi connectivity index (χ1) is 9.20. The Hall–Kier alpha value is -0.450. The van der Waals surface area contributed by atoms with E-state index in [0.717, 1.165) is 44.2 Å². The molecule has 0 radical (unpaired) electrons. The molecule has 1 atom stereocenters. The average molecular weight is 329 g/mol. The molecular weight excluding hydrogens is 307 g/mol. The van der Waals surface area contributed by atoms with Gasteiger partial charge < -0.3 is 5.32 Å². The van der Waals surface area contributed by atoms with Crippen molar-refractivity contribution in [1.29, 1.82) is 0 Å². The Morgan fingerprint density at radius 3 is 3.00 bits per heavy atom. The van der Waals surface area contributed by atoms with E-state index in [0.29, 0.717) is 4.47 Å². The van der Waals surface area contributed by atoms with Gasteiger partial charge in [-0.15, -0.1) is 0 Å². The third-order valence-electron chi connectivity index (χ3n) is 3.79. The monoisotopic (exact) mass is 328 g/mol. The standard InChI is InChI=1S/C15H22BrFN2/c1-2-19(10-12-5-4-8-18-9-12)11-13-6-3-7-14(17)15(13)16/h3,6-7,12,18H,2,4-5,8-11H2,1H3. The number of benzene rings is 1. The van der Waals surface area contributed by atoms with Crippen LogP contribution in [0.5, 0.6) is 0 Å². The Kier molecular flexibility index (Phi) is 5.79. The Morgan fingerprint density at radius 1 is 1.47 bits per heavy atom. The summed E-state index contributed by atoms with van der Waals surface area (Å²) in [5, 5.41) is 3.45. The number of piperidine rings is 1. The summed E-state index contributed by atoms with van der Waals surface area (Å²) in [6.45, 7) is 7.33. The second-order valence-electron chi connectivity index (χ2n) is 5.25. The van der Waals surface area contributed by atoms with Crippen molar-refractivity contribution < 1.29 is 4.39 Å². The lowest BCUT2D eigenvalue weighted by Gasteiger charge is -2.29. The summed E-state index contributed by atoms with van der Waals surface area (Å²) in [4.78, 5) is 2.40. The zero-order valence-corrected chi connectivity index (χ0v) is 13.0. The van der Waals surface area contributed by atoms with Gasteiger partial charge in [0.15, 0.2) is 0 Å². The molecule has 1 saturated heterocycles. The van der Waals surface area contributed by atoms with Crippen molar-refractivity contribution in [2.24, 2.45) is 5.92 Å². The molecule has 0 aliphatic carbocycles. The van der Waals surface area contributed by atoms with Gasteiger partial charge in [0.2, 0.25) is 0 Å². The minimum absolute atomic E-state index is 0.173. The van der Waals surface area contributed by atoms with Crippen molar-refractivity contribution in [3.63, 3.8) is 0 Å². The van der Waals surface area contributed by atoms with Crippen molar-refractivity contribution in [1.82, 2.24) is 10.2 Å². The van der Waals surface area contributed by atoms with Crippen LogP contribution in [0.3, 0.4) is 0 Å². The number of rotatable bonds is 5. The maximum atomic E-state index is 13.5. The van der Waals surface area contributed by atoms with Gasteiger partial charge in [0.1, 0.15) is 5.82 Å². The molecule has 0 bridgehead atoms. The molecule has 19 heavy (non-hydrogen) atoms. The lowest BCUT2D eigenvalue weighted by molar-refractivity contribution is 0.209. The molecule has 4 heteroatoms. The van der Waals surface area contributed by atoms with E-state index in [4.69, 9.17) is 0 Å². The van der Waals surface area contributed by atoms with Crippen LogP contribution in [0.15, 0.2) is 22.7 Å². The molecule has 1 unspecified atom stereocenters. The maximum Gasteiger partial charge on any atom is 0.137 e. The fourth-order valence-electron chi connectivity index (χ4n) is 2.66. The van der Waals surface area contributed by atoms with Crippen molar-refractivity contribution >= 4 is 15.9 Å². The summed E-state index contributed by atoms with van der Waals surface area (Å²) in [7, 11) is 0. The molecule has 0 saturated carbocycles. The Balaban J connectivity index is 1.96. The molecule has 1 N–H and O–H groups in total. The van der Waals surface area contributed by atoms with Gasteiger partial charge in [-0.05, 0) is 66.0 Å². The molecule has 0 aromatic heterocycles. The van der Waals surface area contributed by atoms with Crippen LogP contribution < -0.4 is 5.32 Å². The van der Waals surface area contributed by atoms with Gasteiger partial charge in [-0.3, -0.25) is 4.90 Å². The summed E-state index contributed by atoms with van der Waals surface area (Å²) >= 11 is 3.35. The van der Waals surface area contributed by atoms with Gasteiger partial charge in [0.25, 0.3) is 0 Å². The number of hydrogen-bond acceptors (Lipinski definition) is 2. The van der Waals surface area contributed by atoms with Crippen molar-refractivity contribution in [2.75, 3.05) is 26.2 Å². The maximum absolute atomic E-state index is 13.5. The van der Waals surface area contributed by atoms with Crippen molar-refractivity contribution in [2.45, 2.75) is 26.3 Å². The van der Waals surface area contributed by atoms with E-state index in [9.17, 15) is 4.39 Å². The highest BCUT2D eigenvalue weighted by atomic mass is 79.9. The fraction of sp³-hybridized carbons (Fsp3) is 0.600. The van der Waals surface area contributed by atoms with Crippen LogP contribution >= 0.6 is 15.9 Å². The molecule has 1 aliphatic rings. The molecule has 1 fully saturated rings. The van der Waals surface area contributed by atoms with Crippen LogP contribution in [0.25, 0.3) is 0 Å².